The molecular formula is C18H23N5S. The summed E-state index contributed by atoms with van der Waals surface area (Å²) in [6.45, 7) is 7.76. The fourth-order valence-corrected chi connectivity index (χ4v) is 4.86. The van der Waals surface area contributed by atoms with E-state index in [1.807, 2.05) is 0 Å². The van der Waals surface area contributed by atoms with Crippen LogP contribution in [0.3, 0.4) is 0 Å². The molecule has 2 saturated heterocycles. The molecule has 0 spiro atoms. The van der Waals surface area contributed by atoms with Crippen LogP contribution in [0.5, 0.6) is 0 Å². The largest absolute Gasteiger partial charge is 0.356 e. The number of anilines is 1. The van der Waals surface area contributed by atoms with Crippen LogP contribution in [0.2, 0.25) is 0 Å². The molecule has 5 nitrogen and oxygen atoms in total. The van der Waals surface area contributed by atoms with Gasteiger partial charge in [0.15, 0.2) is 0 Å². The maximum absolute atomic E-state index is 4.61. The van der Waals surface area contributed by atoms with Gasteiger partial charge >= 0.3 is 0 Å². The Balaban J connectivity index is 1.22. The van der Waals surface area contributed by atoms with E-state index in [4.69, 9.17) is 0 Å². The van der Waals surface area contributed by atoms with Crippen molar-refractivity contribution in [2.24, 2.45) is 11.8 Å². The molecule has 5 rings (SSSR count). The Labute approximate surface area is 146 Å². The van der Waals surface area contributed by atoms with Gasteiger partial charge in [-0.05, 0) is 31.6 Å². The normalized spacial score (nSPS) is 27.0. The second-order valence-corrected chi connectivity index (χ2v) is 8.61. The summed E-state index contributed by atoms with van der Waals surface area (Å²) in [6.07, 6.45) is 4.35. The van der Waals surface area contributed by atoms with E-state index in [9.17, 15) is 0 Å². The Morgan fingerprint density at radius 3 is 2.58 bits per heavy atom. The first-order chi connectivity index (χ1) is 11.7. The van der Waals surface area contributed by atoms with Crippen molar-refractivity contribution >= 4 is 17.2 Å². The zero-order valence-electron chi connectivity index (χ0n) is 14.1. The van der Waals surface area contributed by atoms with Crippen LogP contribution in [0.4, 0.5) is 5.82 Å². The van der Waals surface area contributed by atoms with Crippen molar-refractivity contribution in [3.63, 3.8) is 0 Å². The Hall–Kier alpha value is -1.53. The van der Waals surface area contributed by atoms with Crippen molar-refractivity contribution in [3.8, 4) is 0 Å². The highest BCUT2D eigenvalue weighted by Gasteiger charge is 2.40. The molecule has 0 amide bonds. The fraction of sp³-hybridized carbons (Fsp3) is 0.611. The van der Waals surface area contributed by atoms with Gasteiger partial charge in [-0.3, -0.25) is 4.90 Å². The van der Waals surface area contributed by atoms with Gasteiger partial charge in [0.2, 0.25) is 0 Å². The van der Waals surface area contributed by atoms with Crippen LogP contribution in [0.25, 0.3) is 0 Å². The van der Waals surface area contributed by atoms with Crippen molar-refractivity contribution < 1.29 is 0 Å². The lowest BCUT2D eigenvalue weighted by atomic mass is 10.0. The average molecular weight is 341 g/mol. The quantitative estimate of drug-likeness (QED) is 0.855. The zero-order chi connectivity index (χ0) is 16.1. The van der Waals surface area contributed by atoms with Crippen molar-refractivity contribution in [2.75, 3.05) is 31.1 Å². The maximum Gasteiger partial charge on any atom is 0.132 e. The minimum absolute atomic E-state index is 0.700. The Bertz CT molecular complexity index is 727. The van der Waals surface area contributed by atoms with Gasteiger partial charge in [-0.1, -0.05) is 0 Å². The second kappa shape index (κ2) is 5.77. The SMILES string of the molecule is Cc1nc(CN2CC3CN(c4cc(C5CC5)ncn4)CC3C2)cs1. The Morgan fingerprint density at radius 2 is 1.92 bits per heavy atom. The molecule has 24 heavy (non-hydrogen) atoms. The summed E-state index contributed by atoms with van der Waals surface area (Å²) < 4.78 is 0. The van der Waals surface area contributed by atoms with Crippen LogP contribution < -0.4 is 4.90 Å². The number of aryl methyl sites for hydroxylation is 1. The summed E-state index contributed by atoms with van der Waals surface area (Å²) in [5.74, 6) is 3.38. The monoisotopic (exact) mass is 341 g/mol. The lowest BCUT2D eigenvalue weighted by Crippen LogP contribution is -2.29. The minimum atomic E-state index is 0.700. The van der Waals surface area contributed by atoms with E-state index < -0.39 is 0 Å². The summed E-state index contributed by atoms with van der Waals surface area (Å²) >= 11 is 1.76. The molecule has 2 aliphatic heterocycles. The zero-order valence-corrected chi connectivity index (χ0v) is 14.9. The highest BCUT2D eigenvalue weighted by Crippen LogP contribution is 2.40. The molecule has 0 N–H and O–H groups in total. The predicted octanol–water partition coefficient (Wildman–Crippen LogP) is 2.69. The summed E-state index contributed by atoms with van der Waals surface area (Å²) in [5.41, 5.74) is 2.48. The van der Waals surface area contributed by atoms with E-state index in [0.29, 0.717) is 5.92 Å². The van der Waals surface area contributed by atoms with Gasteiger partial charge in [-0.2, -0.15) is 0 Å². The molecule has 1 saturated carbocycles. The Kier molecular flexibility index (Phi) is 3.56. The lowest BCUT2D eigenvalue weighted by molar-refractivity contribution is 0.305. The van der Waals surface area contributed by atoms with Gasteiger partial charge in [0.1, 0.15) is 12.1 Å². The molecule has 6 heteroatoms. The molecule has 4 heterocycles. The number of nitrogens with zero attached hydrogens (tertiary/aromatic N) is 5. The summed E-state index contributed by atoms with van der Waals surface area (Å²) in [7, 11) is 0. The molecule has 2 atom stereocenters. The van der Waals surface area contributed by atoms with Crippen molar-refractivity contribution in [2.45, 2.75) is 32.2 Å². The second-order valence-electron chi connectivity index (χ2n) is 7.55. The number of thiazole rings is 1. The van der Waals surface area contributed by atoms with Crippen LogP contribution in [0, 0.1) is 18.8 Å². The molecule has 2 aromatic heterocycles. The van der Waals surface area contributed by atoms with E-state index in [-0.39, 0.29) is 0 Å². The standard InChI is InChI=1S/C18H23N5S/c1-12-21-16(10-24-12)9-22-5-14-7-23(8-15(14)6-22)18-4-17(13-2-3-13)19-11-20-18/h4,10-11,13-15H,2-3,5-9H2,1H3. The maximum atomic E-state index is 4.61. The van der Waals surface area contributed by atoms with E-state index in [1.54, 1.807) is 17.7 Å². The highest BCUT2D eigenvalue weighted by atomic mass is 32.1. The number of fused-ring (bicyclic) bond motifs is 1. The number of hydrogen-bond acceptors (Lipinski definition) is 6. The number of likely N-dealkylation sites (tertiary alicyclic amines) is 1. The van der Waals surface area contributed by atoms with Crippen LogP contribution in [-0.4, -0.2) is 46.0 Å². The van der Waals surface area contributed by atoms with Gasteiger partial charge in [-0.25, -0.2) is 15.0 Å². The summed E-state index contributed by atoms with van der Waals surface area (Å²) in [5, 5.41) is 3.38. The van der Waals surface area contributed by atoms with E-state index in [2.05, 4.69) is 43.1 Å². The molecular weight excluding hydrogens is 318 g/mol. The van der Waals surface area contributed by atoms with Crippen LogP contribution in [0.15, 0.2) is 17.8 Å². The molecule has 0 aromatic carbocycles. The van der Waals surface area contributed by atoms with E-state index >= 15 is 0 Å². The smallest absolute Gasteiger partial charge is 0.132 e. The molecule has 0 bridgehead atoms. The van der Waals surface area contributed by atoms with Crippen molar-refractivity contribution in [3.05, 3.63) is 34.2 Å². The first-order valence-electron chi connectivity index (χ1n) is 8.95. The first-order valence-corrected chi connectivity index (χ1v) is 9.83. The minimum Gasteiger partial charge on any atom is -0.356 e. The van der Waals surface area contributed by atoms with Gasteiger partial charge < -0.3 is 4.90 Å². The highest BCUT2D eigenvalue weighted by molar-refractivity contribution is 7.09. The van der Waals surface area contributed by atoms with Gasteiger partial charge in [0.05, 0.1) is 10.7 Å². The average Bonchev–Trinajstić information content (AvgIpc) is 3.09. The third-order valence-corrected chi connectivity index (χ3v) is 6.43. The Morgan fingerprint density at radius 1 is 1.12 bits per heavy atom. The predicted molar refractivity (Wildman–Crippen MR) is 95.3 cm³/mol. The molecule has 2 aromatic rings. The van der Waals surface area contributed by atoms with Crippen LogP contribution in [0.1, 0.15) is 35.2 Å². The number of hydrogen-bond donors (Lipinski definition) is 0. The molecule has 2 unspecified atom stereocenters. The summed E-state index contributed by atoms with van der Waals surface area (Å²) in [6, 6.07) is 2.23. The topological polar surface area (TPSA) is 45.2 Å². The molecule has 1 aliphatic carbocycles. The third kappa shape index (κ3) is 2.82. The molecule has 3 fully saturated rings. The van der Waals surface area contributed by atoms with E-state index in [0.717, 1.165) is 37.3 Å². The third-order valence-electron chi connectivity index (χ3n) is 5.61. The van der Waals surface area contributed by atoms with Gasteiger partial charge in [0, 0.05) is 55.8 Å². The van der Waals surface area contributed by atoms with Crippen molar-refractivity contribution in [1.29, 1.82) is 0 Å². The lowest BCUT2D eigenvalue weighted by Gasteiger charge is -2.22. The molecule has 3 aliphatic rings. The molecule has 126 valence electrons. The van der Waals surface area contributed by atoms with Crippen LogP contribution >= 0.6 is 11.3 Å². The van der Waals surface area contributed by atoms with Crippen molar-refractivity contribution in [1.82, 2.24) is 19.9 Å². The number of aromatic nitrogens is 3. The van der Waals surface area contributed by atoms with E-state index in [1.165, 1.54) is 42.3 Å². The van der Waals surface area contributed by atoms with Gasteiger partial charge in [0.25, 0.3) is 0 Å². The number of rotatable bonds is 4. The summed E-state index contributed by atoms with van der Waals surface area (Å²) in [4.78, 5) is 18.7. The first kappa shape index (κ1) is 14.8. The van der Waals surface area contributed by atoms with Gasteiger partial charge in [-0.15, -0.1) is 11.3 Å². The molecule has 0 radical (unpaired) electrons. The fourth-order valence-electron chi connectivity index (χ4n) is 4.25. The van der Waals surface area contributed by atoms with Crippen LogP contribution in [-0.2, 0) is 6.54 Å².